The number of methoxy groups -OCH3 is 2. The SMILES string of the molecule is COC(=O)Nc1nc(-c2ccccc2)c(NC(=O)COc2cccc(OC)c2)s1. The van der Waals surface area contributed by atoms with Gasteiger partial charge in [-0.2, -0.15) is 0 Å². The lowest BCUT2D eigenvalue weighted by atomic mass is 10.2. The van der Waals surface area contributed by atoms with Gasteiger partial charge < -0.3 is 19.5 Å². The number of hydrogen-bond donors (Lipinski definition) is 2. The maximum Gasteiger partial charge on any atom is 0.413 e. The summed E-state index contributed by atoms with van der Waals surface area (Å²) in [7, 11) is 2.82. The molecule has 0 atom stereocenters. The van der Waals surface area contributed by atoms with E-state index in [2.05, 4.69) is 20.4 Å². The quantitative estimate of drug-likeness (QED) is 0.607. The fourth-order valence-electron chi connectivity index (χ4n) is 2.39. The standard InChI is InChI=1S/C20H19N3O5S/c1-26-14-9-6-10-15(11-14)28-12-16(24)21-18-17(13-7-4-3-5-8-13)22-19(29-18)23-20(25)27-2/h3-11H,12H2,1-2H3,(H,21,24)(H,22,23,25). The van der Waals surface area contributed by atoms with Crippen molar-refractivity contribution in [3.63, 3.8) is 0 Å². The zero-order chi connectivity index (χ0) is 20.6. The number of carbonyl (C=O) groups excluding carboxylic acids is 2. The molecule has 2 aromatic carbocycles. The fraction of sp³-hybridized carbons (Fsp3) is 0.150. The van der Waals surface area contributed by atoms with E-state index in [9.17, 15) is 9.59 Å². The molecule has 0 radical (unpaired) electrons. The molecule has 3 aromatic rings. The average Bonchev–Trinajstić information content (AvgIpc) is 3.14. The first-order valence-electron chi connectivity index (χ1n) is 8.57. The second-order valence-corrected chi connectivity index (χ2v) is 6.69. The first-order chi connectivity index (χ1) is 14.1. The summed E-state index contributed by atoms with van der Waals surface area (Å²) in [6.07, 6.45) is -0.641. The first kappa shape index (κ1) is 20.2. The third-order valence-corrected chi connectivity index (χ3v) is 4.62. The van der Waals surface area contributed by atoms with E-state index < -0.39 is 6.09 Å². The minimum Gasteiger partial charge on any atom is -0.497 e. The summed E-state index contributed by atoms with van der Waals surface area (Å²) in [6.45, 7) is -0.195. The third-order valence-electron chi connectivity index (χ3n) is 3.73. The van der Waals surface area contributed by atoms with Gasteiger partial charge in [-0.3, -0.25) is 10.1 Å². The summed E-state index contributed by atoms with van der Waals surface area (Å²) in [6, 6.07) is 16.3. The zero-order valence-electron chi connectivity index (χ0n) is 15.8. The van der Waals surface area contributed by atoms with E-state index in [1.165, 1.54) is 7.11 Å². The molecule has 0 saturated heterocycles. The highest BCUT2D eigenvalue weighted by Crippen LogP contribution is 2.36. The molecule has 0 fully saturated rings. The van der Waals surface area contributed by atoms with Crippen LogP contribution in [0.4, 0.5) is 14.9 Å². The Morgan fingerprint density at radius 3 is 2.48 bits per heavy atom. The van der Waals surface area contributed by atoms with E-state index in [-0.39, 0.29) is 12.5 Å². The monoisotopic (exact) mass is 413 g/mol. The third kappa shape index (κ3) is 5.45. The summed E-state index contributed by atoms with van der Waals surface area (Å²) in [5.41, 5.74) is 1.34. The Bertz CT molecular complexity index is 991. The van der Waals surface area contributed by atoms with E-state index in [1.807, 2.05) is 30.3 Å². The normalized spacial score (nSPS) is 10.1. The number of aromatic nitrogens is 1. The Kier molecular flexibility index (Phi) is 6.64. The number of rotatable bonds is 7. The van der Waals surface area contributed by atoms with Gasteiger partial charge in [0.25, 0.3) is 5.91 Å². The summed E-state index contributed by atoms with van der Waals surface area (Å²) < 4.78 is 15.2. The largest absolute Gasteiger partial charge is 0.497 e. The van der Waals surface area contributed by atoms with Gasteiger partial charge in [0.15, 0.2) is 11.7 Å². The molecule has 0 saturated carbocycles. The van der Waals surface area contributed by atoms with Crippen molar-refractivity contribution in [3.8, 4) is 22.8 Å². The molecule has 1 aromatic heterocycles. The van der Waals surface area contributed by atoms with E-state index in [4.69, 9.17) is 9.47 Å². The molecule has 8 nitrogen and oxygen atoms in total. The molecule has 0 aliphatic rings. The molecule has 3 rings (SSSR count). The van der Waals surface area contributed by atoms with Crippen molar-refractivity contribution >= 4 is 33.5 Å². The Hall–Kier alpha value is -3.59. The molecule has 0 aliphatic carbocycles. The Morgan fingerprint density at radius 1 is 1.00 bits per heavy atom. The number of hydrogen-bond acceptors (Lipinski definition) is 7. The predicted octanol–water partition coefficient (Wildman–Crippen LogP) is 4.01. The molecule has 0 bridgehead atoms. The number of nitrogens with zero attached hydrogens (tertiary/aromatic N) is 1. The van der Waals surface area contributed by atoms with Crippen LogP contribution in [-0.4, -0.2) is 37.8 Å². The number of nitrogens with one attached hydrogen (secondary N) is 2. The predicted molar refractivity (Wildman–Crippen MR) is 111 cm³/mol. The smallest absolute Gasteiger partial charge is 0.413 e. The molecular weight excluding hydrogens is 394 g/mol. The lowest BCUT2D eigenvalue weighted by Crippen LogP contribution is -2.20. The molecule has 150 valence electrons. The van der Waals surface area contributed by atoms with E-state index in [0.717, 1.165) is 16.9 Å². The fourth-order valence-corrected chi connectivity index (χ4v) is 3.28. The van der Waals surface area contributed by atoms with Gasteiger partial charge in [-0.05, 0) is 12.1 Å². The Morgan fingerprint density at radius 2 is 1.76 bits per heavy atom. The van der Waals surface area contributed by atoms with Crippen LogP contribution in [0.3, 0.4) is 0 Å². The van der Waals surface area contributed by atoms with Crippen LogP contribution in [-0.2, 0) is 9.53 Å². The Balaban J connectivity index is 1.74. The maximum atomic E-state index is 12.4. The van der Waals surface area contributed by atoms with Gasteiger partial charge >= 0.3 is 6.09 Å². The topological polar surface area (TPSA) is 98.8 Å². The molecule has 1 heterocycles. The van der Waals surface area contributed by atoms with Crippen molar-refractivity contribution < 1.29 is 23.8 Å². The molecule has 0 aliphatic heterocycles. The van der Waals surface area contributed by atoms with Crippen LogP contribution < -0.4 is 20.1 Å². The zero-order valence-corrected chi connectivity index (χ0v) is 16.6. The number of carbonyl (C=O) groups is 2. The van der Waals surface area contributed by atoms with Gasteiger partial charge in [0, 0.05) is 11.6 Å². The van der Waals surface area contributed by atoms with Crippen LogP contribution >= 0.6 is 11.3 Å². The average molecular weight is 413 g/mol. The van der Waals surface area contributed by atoms with Gasteiger partial charge in [-0.25, -0.2) is 9.78 Å². The Labute approximate surface area is 171 Å². The molecule has 2 N–H and O–H groups in total. The van der Waals surface area contributed by atoms with Crippen LogP contribution in [0.1, 0.15) is 0 Å². The number of anilines is 2. The van der Waals surface area contributed by atoms with Crippen LogP contribution in [0.15, 0.2) is 54.6 Å². The summed E-state index contributed by atoms with van der Waals surface area (Å²) in [4.78, 5) is 28.3. The van der Waals surface area contributed by atoms with Crippen LogP contribution in [0.25, 0.3) is 11.3 Å². The number of ether oxygens (including phenoxy) is 3. The minimum absolute atomic E-state index is 0.195. The van der Waals surface area contributed by atoms with Gasteiger partial charge in [-0.1, -0.05) is 47.7 Å². The molecule has 0 unspecified atom stereocenters. The summed E-state index contributed by atoms with van der Waals surface area (Å²) >= 11 is 1.12. The first-order valence-corrected chi connectivity index (χ1v) is 9.38. The molecule has 9 heteroatoms. The summed E-state index contributed by atoms with van der Waals surface area (Å²) in [5.74, 6) is 0.786. The van der Waals surface area contributed by atoms with Crippen molar-refractivity contribution in [2.75, 3.05) is 31.5 Å². The highest BCUT2D eigenvalue weighted by atomic mass is 32.1. The van der Waals surface area contributed by atoms with E-state index in [1.54, 1.807) is 31.4 Å². The molecule has 2 amide bonds. The second kappa shape index (κ2) is 9.56. The summed E-state index contributed by atoms with van der Waals surface area (Å²) in [5, 5.41) is 6.10. The van der Waals surface area contributed by atoms with Gasteiger partial charge in [0.05, 0.1) is 14.2 Å². The van der Waals surface area contributed by atoms with Crippen molar-refractivity contribution in [2.45, 2.75) is 0 Å². The van der Waals surface area contributed by atoms with Crippen LogP contribution in [0.5, 0.6) is 11.5 Å². The van der Waals surface area contributed by atoms with Gasteiger partial charge in [-0.15, -0.1) is 0 Å². The molecule has 29 heavy (non-hydrogen) atoms. The van der Waals surface area contributed by atoms with E-state index in [0.29, 0.717) is 27.3 Å². The maximum absolute atomic E-state index is 12.4. The number of benzene rings is 2. The number of thiazole rings is 1. The lowest BCUT2D eigenvalue weighted by Gasteiger charge is -2.08. The van der Waals surface area contributed by atoms with E-state index >= 15 is 0 Å². The highest BCUT2D eigenvalue weighted by molar-refractivity contribution is 7.20. The van der Waals surface area contributed by atoms with Crippen molar-refractivity contribution in [3.05, 3.63) is 54.6 Å². The van der Waals surface area contributed by atoms with Crippen molar-refractivity contribution in [2.24, 2.45) is 0 Å². The molecular formula is C20H19N3O5S. The van der Waals surface area contributed by atoms with Crippen LogP contribution in [0, 0.1) is 0 Å². The van der Waals surface area contributed by atoms with Crippen molar-refractivity contribution in [1.29, 1.82) is 0 Å². The lowest BCUT2D eigenvalue weighted by molar-refractivity contribution is -0.118. The van der Waals surface area contributed by atoms with Gasteiger partial charge in [0.2, 0.25) is 0 Å². The highest BCUT2D eigenvalue weighted by Gasteiger charge is 2.17. The minimum atomic E-state index is -0.641. The number of amides is 2. The van der Waals surface area contributed by atoms with Crippen molar-refractivity contribution in [1.82, 2.24) is 4.98 Å². The molecule has 0 spiro atoms. The second-order valence-electron chi connectivity index (χ2n) is 5.70. The van der Waals surface area contributed by atoms with Crippen LogP contribution in [0.2, 0.25) is 0 Å². The van der Waals surface area contributed by atoms with Gasteiger partial charge in [0.1, 0.15) is 22.2 Å².